The Bertz CT molecular complexity index is 544. The SMILES string of the molecule is Cl.O=C(CN1CCNCC1)Nc1cccc2c1CNC2=O. The van der Waals surface area contributed by atoms with E-state index in [1.165, 1.54) is 0 Å². The Labute approximate surface area is 129 Å². The summed E-state index contributed by atoms with van der Waals surface area (Å²) in [6.45, 7) is 4.50. The van der Waals surface area contributed by atoms with Crippen LogP contribution in [0.3, 0.4) is 0 Å². The zero-order valence-electron chi connectivity index (χ0n) is 11.6. The first-order valence-electron chi connectivity index (χ1n) is 6.87. The molecule has 6 nitrogen and oxygen atoms in total. The summed E-state index contributed by atoms with van der Waals surface area (Å²) in [7, 11) is 0. The second-order valence-electron chi connectivity index (χ2n) is 5.09. The standard InChI is InChI=1S/C14H18N4O2.ClH/c19-13(9-18-6-4-15-5-7-18)17-12-3-1-2-10-11(12)8-16-14(10)20;/h1-3,15H,4-9H2,(H,16,20)(H,17,19);1H. The Hall–Kier alpha value is -1.63. The molecule has 2 aliphatic heterocycles. The van der Waals surface area contributed by atoms with Crippen molar-refractivity contribution in [3.8, 4) is 0 Å². The first-order chi connectivity index (χ1) is 9.74. The van der Waals surface area contributed by atoms with Crippen LogP contribution in [0.1, 0.15) is 15.9 Å². The zero-order chi connectivity index (χ0) is 13.9. The van der Waals surface area contributed by atoms with Crippen LogP contribution < -0.4 is 16.0 Å². The molecule has 3 N–H and O–H groups in total. The molecule has 114 valence electrons. The van der Waals surface area contributed by atoms with Gasteiger partial charge in [0, 0.05) is 49.5 Å². The van der Waals surface area contributed by atoms with Gasteiger partial charge in [-0.1, -0.05) is 6.07 Å². The molecule has 0 unspecified atom stereocenters. The highest BCUT2D eigenvalue weighted by Crippen LogP contribution is 2.24. The molecule has 0 aromatic heterocycles. The molecular weight excluding hydrogens is 292 g/mol. The summed E-state index contributed by atoms with van der Waals surface area (Å²) < 4.78 is 0. The van der Waals surface area contributed by atoms with E-state index in [2.05, 4.69) is 20.9 Å². The van der Waals surface area contributed by atoms with Gasteiger partial charge in [0.15, 0.2) is 0 Å². The lowest BCUT2D eigenvalue weighted by atomic mass is 10.1. The third-order valence-corrected chi connectivity index (χ3v) is 3.70. The van der Waals surface area contributed by atoms with Gasteiger partial charge < -0.3 is 16.0 Å². The maximum Gasteiger partial charge on any atom is 0.251 e. The van der Waals surface area contributed by atoms with Gasteiger partial charge in [-0.2, -0.15) is 0 Å². The molecule has 0 radical (unpaired) electrons. The molecule has 21 heavy (non-hydrogen) atoms. The van der Waals surface area contributed by atoms with Crippen molar-refractivity contribution in [1.82, 2.24) is 15.5 Å². The number of anilines is 1. The van der Waals surface area contributed by atoms with Gasteiger partial charge >= 0.3 is 0 Å². The third-order valence-electron chi connectivity index (χ3n) is 3.70. The molecule has 0 saturated carbocycles. The number of hydrogen-bond acceptors (Lipinski definition) is 4. The average molecular weight is 311 g/mol. The normalized spacial score (nSPS) is 17.6. The summed E-state index contributed by atoms with van der Waals surface area (Å²) in [6.07, 6.45) is 0. The molecule has 0 aliphatic carbocycles. The van der Waals surface area contributed by atoms with Crippen molar-refractivity contribution in [3.63, 3.8) is 0 Å². The number of amides is 2. The van der Waals surface area contributed by atoms with Crippen molar-refractivity contribution >= 4 is 29.9 Å². The fourth-order valence-electron chi connectivity index (χ4n) is 2.63. The maximum absolute atomic E-state index is 12.1. The van der Waals surface area contributed by atoms with Crippen LogP contribution in [0, 0.1) is 0 Å². The number of piperazine rings is 1. The van der Waals surface area contributed by atoms with E-state index in [0.717, 1.165) is 37.4 Å². The molecule has 1 saturated heterocycles. The lowest BCUT2D eigenvalue weighted by Crippen LogP contribution is -2.46. The second-order valence-corrected chi connectivity index (χ2v) is 5.09. The van der Waals surface area contributed by atoms with Gasteiger partial charge in [0.25, 0.3) is 5.91 Å². The number of carbonyl (C=O) groups excluding carboxylic acids is 2. The highest BCUT2D eigenvalue weighted by Gasteiger charge is 2.22. The van der Waals surface area contributed by atoms with Crippen molar-refractivity contribution in [2.75, 3.05) is 38.0 Å². The van der Waals surface area contributed by atoms with Gasteiger partial charge in [0.1, 0.15) is 0 Å². The maximum atomic E-state index is 12.1. The number of benzene rings is 1. The largest absolute Gasteiger partial charge is 0.348 e. The molecule has 0 spiro atoms. The van der Waals surface area contributed by atoms with Crippen LogP contribution in [0.4, 0.5) is 5.69 Å². The Balaban J connectivity index is 0.00000161. The molecule has 0 atom stereocenters. The van der Waals surface area contributed by atoms with Crippen molar-refractivity contribution in [2.24, 2.45) is 0 Å². The Kier molecular flexibility index (Phi) is 5.17. The smallest absolute Gasteiger partial charge is 0.251 e. The van der Waals surface area contributed by atoms with Crippen molar-refractivity contribution < 1.29 is 9.59 Å². The van der Waals surface area contributed by atoms with E-state index in [-0.39, 0.29) is 24.2 Å². The molecule has 2 amide bonds. The van der Waals surface area contributed by atoms with Crippen LogP contribution >= 0.6 is 12.4 Å². The van der Waals surface area contributed by atoms with Gasteiger partial charge in [-0.05, 0) is 12.1 Å². The number of halogens is 1. The number of fused-ring (bicyclic) bond motifs is 1. The molecule has 2 aliphatic rings. The first kappa shape index (κ1) is 15.8. The monoisotopic (exact) mass is 310 g/mol. The van der Waals surface area contributed by atoms with Gasteiger partial charge in [-0.25, -0.2) is 0 Å². The molecule has 1 fully saturated rings. The van der Waals surface area contributed by atoms with E-state index in [4.69, 9.17) is 0 Å². The predicted molar refractivity (Wildman–Crippen MR) is 82.8 cm³/mol. The van der Waals surface area contributed by atoms with Crippen molar-refractivity contribution in [3.05, 3.63) is 29.3 Å². The Morgan fingerprint density at radius 1 is 1.29 bits per heavy atom. The van der Waals surface area contributed by atoms with Crippen molar-refractivity contribution in [2.45, 2.75) is 6.54 Å². The fourth-order valence-corrected chi connectivity index (χ4v) is 2.63. The summed E-state index contributed by atoms with van der Waals surface area (Å²) >= 11 is 0. The molecule has 3 rings (SSSR count). The Morgan fingerprint density at radius 3 is 2.81 bits per heavy atom. The minimum Gasteiger partial charge on any atom is -0.348 e. The van der Waals surface area contributed by atoms with Gasteiger partial charge in [0.2, 0.25) is 5.91 Å². The van der Waals surface area contributed by atoms with Crippen LogP contribution in [0.25, 0.3) is 0 Å². The topological polar surface area (TPSA) is 73.5 Å². The summed E-state index contributed by atoms with van der Waals surface area (Å²) in [5, 5.41) is 8.95. The minimum atomic E-state index is -0.0711. The molecule has 1 aromatic rings. The summed E-state index contributed by atoms with van der Waals surface area (Å²) in [4.78, 5) is 25.8. The highest BCUT2D eigenvalue weighted by molar-refractivity contribution is 6.02. The first-order valence-corrected chi connectivity index (χ1v) is 6.87. The van der Waals surface area contributed by atoms with E-state index in [0.29, 0.717) is 18.7 Å². The van der Waals surface area contributed by atoms with Crippen LogP contribution in [0.15, 0.2) is 18.2 Å². The summed E-state index contributed by atoms with van der Waals surface area (Å²) in [5.41, 5.74) is 2.28. The molecule has 7 heteroatoms. The predicted octanol–water partition coefficient (Wildman–Crippen LogP) is 0.195. The van der Waals surface area contributed by atoms with Crippen LogP contribution in [0.5, 0.6) is 0 Å². The van der Waals surface area contributed by atoms with E-state index >= 15 is 0 Å². The lowest BCUT2D eigenvalue weighted by Gasteiger charge is -2.26. The quantitative estimate of drug-likeness (QED) is 0.745. The number of nitrogens with one attached hydrogen (secondary N) is 3. The average Bonchev–Trinajstić information content (AvgIpc) is 2.83. The van der Waals surface area contributed by atoms with Crippen LogP contribution in [-0.4, -0.2) is 49.4 Å². The molecule has 0 bridgehead atoms. The van der Waals surface area contributed by atoms with Gasteiger partial charge in [0.05, 0.1) is 6.54 Å². The second kappa shape index (κ2) is 6.89. The van der Waals surface area contributed by atoms with Gasteiger partial charge in [-0.15, -0.1) is 12.4 Å². The van der Waals surface area contributed by atoms with Gasteiger partial charge in [-0.3, -0.25) is 14.5 Å². The van der Waals surface area contributed by atoms with Crippen LogP contribution in [0.2, 0.25) is 0 Å². The highest BCUT2D eigenvalue weighted by atomic mass is 35.5. The lowest BCUT2D eigenvalue weighted by molar-refractivity contribution is -0.117. The van der Waals surface area contributed by atoms with Crippen LogP contribution in [-0.2, 0) is 11.3 Å². The third kappa shape index (κ3) is 3.53. The fraction of sp³-hybridized carbons (Fsp3) is 0.429. The number of carbonyl (C=O) groups is 2. The van der Waals surface area contributed by atoms with E-state index in [1.807, 2.05) is 6.07 Å². The van der Waals surface area contributed by atoms with Crippen molar-refractivity contribution in [1.29, 1.82) is 0 Å². The van der Waals surface area contributed by atoms with E-state index in [1.54, 1.807) is 12.1 Å². The number of hydrogen-bond donors (Lipinski definition) is 3. The number of nitrogens with zero attached hydrogens (tertiary/aromatic N) is 1. The molecule has 2 heterocycles. The zero-order valence-corrected chi connectivity index (χ0v) is 12.5. The Morgan fingerprint density at radius 2 is 2.05 bits per heavy atom. The van der Waals surface area contributed by atoms with E-state index in [9.17, 15) is 9.59 Å². The summed E-state index contributed by atoms with van der Waals surface area (Å²) in [6, 6.07) is 5.42. The minimum absolute atomic E-state index is 0. The molecule has 1 aromatic carbocycles. The summed E-state index contributed by atoms with van der Waals surface area (Å²) in [5.74, 6) is -0.0992. The molecular formula is C14H19ClN4O2. The number of rotatable bonds is 3. The van der Waals surface area contributed by atoms with E-state index < -0.39 is 0 Å².